The molecule has 102 valence electrons. The van der Waals surface area contributed by atoms with Crippen LogP contribution >= 0.6 is 27.7 Å². The van der Waals surface area contributed by atoms with E-state index in [9.17, 15) is 0 Å². The average molecular weight is 332 g/mol. The zero-order chi connectivity index (χ0) is 13.0. The third-order valence-corrected chi connectivity index (χ3v) is 5.63. The fraction of sp³-hybridized carbons (Fsp3) is 0.846. The van der Waals surface area contributed by atoms with Gasteiger partial charge >= 0.3 is 0 Å². The van der Waals surface area contributed by atoms with Gasteiger partial charge in [0.2, 0.25) is 0 Å². The van der Waals surface area contributed by atoms with Crippen molar-refractivity contribution < 1.29 is 0 Å². The van der Waals surface area contributed by atoms with Gasteiger partial charge < -0.3 is 4.57 Å². The van der Waals surface area contributed by atoms with Crippen molar-refractivity contribution in [3.05, 3.63) is 5.82 Å². The van der Waals surface area contributed by atoms with Crippen LogP contribution in [0.15, 0.2) is 5.16 Å². The van der Waals surface area contributed by atoms with E-state index in [1.165, 1.54) is 25.1 Å². The maximum atomic E-state index is 4.37. The quantitative estimate of drug-likeness (QED) is 0.607. The second kappa shape index (κ2) is 6.94. The Bertz CT molecular complexity index is 378. The Morgan fingerprint density at radius 1 is 1.28 bits per heavy atom. The van der Waals surface area contributed by atoms with E-state index in [-0.39, 0.29) is 0 Å². The van der Waals surface area contributed by atoms with Crippen molar-refractivity contribution in [1.29, 1.82) is 0 Å². The molecule has 1 aliphatic heterocycles. The summed E-state index contributed by atoms with van der Waals surface area (Å²) in [5, 5.41) is 10.9. The summed E-state index contributed by atoms with van der Waals surface area (Å²) in [4.78, 5) is 0. The van der Waals surface area contributed by atoms with E-state index < -0.39 is 0 Å². The van der Waals surface area contributed by atoms with Gasteiger partial charge in [-0.15, -0.1) is 10.2 Å². The van der Waals surface area contributed by atoms with E-state index in [0.29, 0.717) is 11.8 Å². The van der Waals surface area contributed by atoms with Crippen molar-refractivity contribution in [3.8, 4) is 0 Å². The number of aryl methyl sites for hydroxylation is 1. The monoisotopic (exact) mass is 331 g/mol. The lowest BCUT2D eigenvalue weighted by atomic mass is 10.0. The lowest BCUT2D eigenvalue weighted by molar-refractivity contribution is 0.473. The Balaban J connectivity index is 1.99. The van der Waals surface area contributed by atoms with Gasteiger partial charge in [0.1, 0.15) is 5.82 Å². The standard InChI is InChI=1S/C13H22BrN3S/c1-10(2)11(8-14)9-18-13-16-15-12-6-4-3-5-7-17(12)13/h10-11H,3-9H2,1-2H3. The number of alkyl halides is 1. The highest BCUT2D eigenvalue weighted by Crippen LogP contribution is 2.26. The largest absolute Gasteiger partial charge is 0.306 e. The van der Waals surface area contributed by atoms with Crippen LogP contribution in [-0.2, 0) is 13.0 Å². The maximum absolute atomic E-state index is 4.37. The minimum absolute atomic E-state index is 0.703. The van der Waals surface area contributed by atoms with E-state index in [2.05, 4.69) is 44.5 Å². The molecule has 0 aliphatic carbocycles. The van der Waals surface area contributed by atoms with Crippen LogP contribution in [-0.4, -0.2) is 25.8 Å². The van der Waals surface area contributed by atoms with Crippen molar-refractivity contribution in [3.63, 3.8) is 0 Å². The van der Waals surface area contributed by atoms with E-state index in [1.54, 1.807) is 0 Å². The number of thioether (sulfide) groups is 1. The van der Waals surface area contributed by atoms with Crippen LogP contribution in [0.3, 0.4) is 0 Å². The van der Waals surface area contributed by atoms with Gasteiger partial charge in [-0.2, -0.15) is 0 Å². The molecule has 0 radical (unpaired) electrons. The van der Waals surface area contributed by atoms with Gasteiger partial charge in [0.25, 0.3) is 0 Å². The fourth-order valence-corrected chi connectivity index (χ4v) is 4.76. The Morgan fingerprint density at radius 2 is 2.11 bits per heavy atom. The first-order valence-electron chi connectivity index (χ1n) is 6.83. The predicted octanol–water partition coefficient (Wildman–Crippen LogP) is 3.76. The topological polar surface area (TPSA) is 30.7 Å². The molecule has 1 aliphatic rings. The van der Waals surface area contributed by atoms with Gasteiger partial charge in [0.05, 0.1) is 0 Å². The summed E-state index contributed by atoms with van der Waals surface area (Å²) >= 11 is 5.48. The summed E-state index contributed by atoms with van der Waals surface area (Å²) in [6, 6.07) is 0. The normalized spacial score (nSPS) is 17.6. The smallest absolute Gasteiger partial charge is 0.191 e. The van der Waals surface area contributed by atoms with Crippen molar-refractivity contribution in [2.45, 2.75) is 51.2 Å². The van der Waals surface area contributed by atoms with Crippen molar-refractivity contribution in [2.75, 3.05) is 11.1 Å². The number of fused-ring (bicyclic) bond motifs is 1. The summed E-state index contributed by atoms with van der Waals surface area (Å²) in [7, 11) is 0. The molecule has 2 rings (SSSR count). The number of aromatic nitrogens is 3. The van der Waals surface area contributed by atoms with Crippen molar-refractivity contribution in [1.82, 2.24) is 14.8 Å². The lowest BCUT2D eigenvalue weighted by Gasteiger charge is -2.17. The molecule has 1 atom stereocenters. The van der Waals surface area contributed by atoms with E-state index in [4.69, 9.17) is 0 Å². The van der Waals surface area contributed by atoms with Gasteiger partial charge in [0, 0.05) is 24.0 Å². The molecule has 0 saturated carbocycles. The van der Waals surface area contributed by atoms with Gasteiger partial charge in [-0.05, 0) is 24.7 Å². The Hall–Kier alpha value is -0.0300. The van der Waals surface area contributed by atoms with E-state index in [1.807, 2.05) is 11.8 Å². The number of hydrogen-bond acceptors (Lipinski definition) is 3. The van der Waals surface area contributed by atoms with Gasteiger partial charge in [-0.1, -0.05) is 48.0 Å². The first kappa shape index (κ1) is 14.4. The lowest BCUT2D eigenvalue weighted by Crippen LogP contribution is -2.13. The molecule has 5 heteroatoms. The molecule has 0 fully saturated rings. The third kappa shape index (κ3) is 3.50. The molecular formula is C13H22BrN3S. The average Bonchev–Trinajstić information content (AvgIpc) is 2.59. The maximum Gasteiger partial charge on any atom is 0.191 e. The van der Waals surface area contributed by atoms with Crippen molar-refractivity contribution >= 4 is 27.7 Å². The third-order valence-electron chi connectivity index (χ3n) is 3.64. The summed E-state index contributed by atoms with van der Waals surface area (Å²) in [5.74, 6) is 3.73. The SMILES string of the molecule is CC(C)C(CBr)CSc1nnc2n1CCCCC2. The second-order valence-electron chi connectivity index (χ2n) is 5.33. The van der Waals surface area contributed by atoms with Crippen LogP contribution in [0.5, 0.6) is 0 Å². The molecule has 0 spiro atoms. The molecule has 0 amide bonds. The van der Waals surface area contributed by atoms with Crippen LogP contribution in [0.2, 0.25) is 0 Å². The minimum Gasteiger partial charge on any atom is -0.306 e. The van der Waals surface area contributed by atoms with Crippen LogP contribution in [0, 0.1) is 11.8 Å². The first-order chi connectivity index (χ1) is 8.72. The van der Waals surface area contributed by atoms with E-state index in [0.717, 1.165) is 29.2 Å². The Morgan fingerprint density at radius 3 is 2.83 bits per heavy atom. The molecular weight excluding hydrogens is 310 g/mol. The fourth-order valence-electron chi connectivity index (χ4n) is 2.16. The predicted molar refractivity (Wildman–Crippen MR) is 80.4 cm³/mol. The van der Waals surface area contributed by atoms with Crippen LogP contribution in [0.25, 0.3) is 0 Å². The summed E-state index contributed by atoms with van der Waals surface area (Å²) in [5.41, 5.74) is 0. The Kier molecular flexibility index (Phi) is 5.55. The zero-order valence-electron chi connectivity index (χ0n) is 11.2. The molecule has 3 nitrogen and oxygen atoms in total. The van der Waals surface area contributed by atoms with Crippen LogP contribution in [0.1, 0.15) is 38.9 Å². The molecule has 0 aromatic carbocycles. The second-order valence-corrected chi connectivity index (χ2v) is 6.97. The molecule has 0 N–H and O–H groups in total. The highest BCUT2D eigenvalue weighted by Gasteiger charge is 2.18. The molecule has 0 saturated heterocycles. The molecule has 1 aromatic heterocycles. The van der Waals surface area contributed by atoms with Gasteiger partial charge in [-0.3, -0.25) is 0 Å². The number of hydrogen-bond donors (Lipinski definition) is 0. The molecule has 2 heterocycles. The summed E-state index contributed by atoms with van der Waals surface area (Å²) in [6.45, 7) is 5.68. The number of nitrogens with zero attached hydrogens (tertiary/aromatic N) is 3. The van der Waals surface area contributed by atoms with Crippen LogP contribution < -0.4 is 0 Å². The highest BCUT2D eigenvalue weighted by molar-refractivity contribution is 9.09. The molecule has 1 aromatic rings. The number of rotatable bonds is 5. The van der Waals surface area contributed by atoms with Crippen LogP contribution in [0.4, 0.5) is 0 Å². The summed E-state index contributed by atoms with van der Waals surface area (Å²) in [6.07, 6.45) is 4.95. The number of halogens is 1. The molecule has 1 unspecified atom stereocenters. The summed E-state index contributed by atoms with van der Waals surface area (Å²) < 4.78 is 2.34. The van der Waals surface area contributed by atoms with E-state index >= 15 is 0 Å². The highest BCUT2D eigenvalue weighted by atomic mass is 79.9. The first-order valence-corrected chi connectivity index (χ1v) is 8.94. The minimum atomic E-state index is 0.703. The Labute approximate surface area is 122 Å². The van der Waals surface area contributed by atoms with Crippen molar-refractivity contribution in [2.24, 2.45) is 11.8 Å². The molecule has 18 heavy (non-hydrogen) atoms. The van der Waals surface area contributed by atoms with Gasteiger partial charge in [0.15, 0.2) is 5.16 Å². The van der Waals surface area contributed by atoms with Gasteiger partial charge in [-0.25, -0.2) is 0 Å². The molecule has 0 bridgehead atoms. The zero-order valence-corrected chi connectivity index (χ0v) is 13.6.